The Morgan fingerprint density at radius 2 is 1.60 bits per heavy atom. The number of hydrogen-bond acceptors (Lipinski definition) is 4. The maximum atomic E-state index is 11.9. The van der Waals surface area contributed by atoms with E-state index in [1.807, 2.05) is 0 Å². The molecule has 0 spiro atoms. The van der Waals surface area contributed by atoms with E-state index in [0.29, 0.717) is 5.56 Å². The molecule has 20 heavy (non-hydrogen) atoms. The van der Waals surface area contributed by atoms with Gasteiger partial charge in [-0.1, -0.05) is 0 Å². The molecule has 0 aliphatic heterocycles. The molecular formula is C14H11NO5. The first-order valence-corrected chi connectivity index (χ1v) is 5.64. The number of amides is 1. The van der Waals surface area contributed by atoms with Crippen molar-refractivity contribution in [3.63, 3.8) is 0 Å². The van der Waals surface area contributed by atoms with E-state index >= 15 is 0 Å². The summed E-state index contributed by atoms with van der Waals surface area (Å²) in [5.74, 6) is -2.07. The summed E-state index contributed by atoms with van der Waals surface area (Å²) in [6.07, 6.45) is 0. The molecule has 0 heterocycles. The van der Waals surface area contributed by atoms with Crippen LogP contribution in [0.25, 0.3) is 0 Å². The van der Waals surface area contributed by atoms with Crippen LogP contribution >= 0.6 is 0 Å². The average molecular weight is 273 g/mol. The number of phenols is 2. The number of benzene rings is 2. The highest BCUT2D eigenvalue weighted by molar-refractivity contribution is 6.05. The Hall–Kier alpha value is -3.02. The van der Waals surface area contributed by atoms with Crippen molar-refractivity contribution in [2.24, 2.45) is 0 Å². The molecule has 0 bridgehead atoms. The van der Waals surface area contributed by atoms with Crippen molar-refractivity contribution in [1.82, 2.24) is 0 Å². The van der Waals surface area contributed by atoms with Gasteiger partial charge in [-0.2, -0.15) is 0 Å². The summed E-state index contributed by atoms with van der Waals surface area (Å²) in [6, 6.07) is 9.35. The molecule has 0 saturated carbocycles. The summed E-state index contributed by atoms with van der Waals surface area (Å²) >= 11 is 0. The van der Waals surface area contributed by atoms with E-state index in [2.05, 4.69) is 5.32 Å². The lowest BCUT2D eigenvalue weighted by atomic mass is 10.1. The minimum Gasteiger partial charge on any atom is -0.508 e. The monoisotopic (exact) mass is 273 g/mol. The average Bonchev–Trinajstić information content (AvgIpc) is 2.41. The van der Waals surface area contributed by atoms with Gasteiger partial charge in [-0.3, -0.25) is 4.79 Å². The molecule has 0 aromatic heterocycles. The molecule has 1 amide bonds. The number of carbonyl (C=O) groups is 2. The number of hydrogen-bond donors (Lipinski definition) is 4. The summed E-state index contributed by atoms with van der Waals surface area (Å²) in [5, 5.41) is 29.9. The van der Waals surface area contributed by atoms with Gasteiger partial charge in [0.15, 0.2) is 0 Å². The van der Waals surface area contributed by atoms with E-state index < -0.39 is 11.9 Å². The van der Waals surface area contributed by atoms with Crippen molar-refractivity contribution in [1.29, 1.82) is 0 Å². The number of aromatic hydroxyl groups is 2. The van der Waals surface area contributed by atoms with E-state index in [1.165, 1.54) is 36.4 Å². The smallest absolute Gasteiger partial charge is 0.339 e. The number of aromatic carboxylic acids is 1. The summed E-state index contributed by atoms with van der Waals surface area (Å²) in [6.45, 7) is 0. The fourth-order valence-corrected chi connectivity index (χ4v) is 1.60. The van der Waals surface area contributed by atoms with Gasteiger partial charge in [0.2, 0.25) is 0 Å². The largest absolute Gasteiger partial charge is 0.508 e. The second-order valence-corrected chi connectivity index (χ2v) is 4.04. The molecule has 2 aromatic carbocycles. The summed E-state index contributed by atoms with van der Waals surface area (Å²) < 4.78 is 0. The molecule has 6 heteroatoms. The quantitative estimate of drug-likeness (QED) is 0.640. The number of rotatable bonds is 3. The Bertz CT molecular complexity index is 664. The van der Waals surface area contributed by atoms with Crippen LogP contribution in [0.2, 0.25) is 0 Å². The molecule has 102 valence electrons. The Balaban J connectivity index is 2.21. The van der Waals surface area contributed by atoms with Crippen LogP contribution in [0.15, 0.2) is 42.5 Å². The maximum absolute atomic E-state index is 11.9. The number of carboxylic acids is 1. The van der Waals surface area contributed by atoms with Crippen molar-refractivity contribution >= 4 is 17.6 Å². The summed E-state index contributed by atoms with van der Waals surface area (Å²) in [7, 11) is 0. The zero-order valence-corrected chi connectivity index (χ0v) is 10.2. The van der Waals surface area contributed by atoms with Gasteiger partial charge in [0.05, 0.1) is 0 Å². The fraction of sp³-hybridized carbons (Fsp3) is 0. The lowest BCUT2D eigenvalue weighted by molar-refractivity contribution is 0.0693. The van der Waals surface area contributed by atoms with Crippen LogP contribution in [-0.2, 0) is 0 Å². The molecule has 0 fully saturated rings. The number of nitrogens with one attached hydrogen (secondary N) is 1. The summed E-state index contributed by atoms with van der Waals surface area (Å²) in [5.41, 5.74) is 0.263. The number of carboxylic acid groups (broad SMARTS) is 1. The molecule has 0 atom stereocenters. The third-order valence-electron chi connectivity index (χ3n) is 2.61. The minimum atomic E-state index is -1.29. The van der Waals surface area contributed by atoms with Gasteiger partial charge in [0.25, 0.3) is 5.91 Å². The molecule has 4 N–H and O–H groups in total. The van der Waals surface area contributed by atoms with Gasteiger partial charge in [-0.15, -0.1) is 0 Å². The minimum absolute atomic E-state index is 0.0411. The maximum Gasteiger partial charge on any atom is 0.339 e. The van der Waals surface area contributed by atoms with Gasteiger partial charge in [-0.25, -0.2) is 4.79 Å². The normalized spacial score (nSPS) is 10.0. The third-order valence-corrected chi connectivity index (χ3v) is 2.61. The van der Waals surface area contributed by atoms with Crippen molar-refractivity contribution in [2.75, 3.05) is 5.32 Å². The Morgan fingerprint density at radius 1 is 0.950 bits per heavy atom. The van der Waals surface area contributed by atoms with Crippen LogP contribution in [-0.4, -0.2) is 27.2 Å². The Morgan fingerprint density at radius 3 is 2.20 bits per heavy atom. The highest BCUT2D eigenvalue weighted by atomic mass is 16.4. The van der Waals surface area contributed by atoms with Crippen LogP contribution in [0, 0.1) is 0 Å². The van der Waals surface area contributed by atoms with E-state index in [-0.39, 0.29) is 22.7 Å². The first-order chi connectivity index (χ1) is 9.47. The second kappa shape index (κ2) is 5.31. The van der Waals surface area contributed by atoms with E-state index in [0.717, 1.165) is 6.07 Å². The highest BCUT2D eigenvalue weighted by Crippen LogP contribution is 2.22. The third kappa shape index (κ3) is 2.86. The van der Waals surface area contributed by atoms with Crippen molar-refractivity contribution in [3.8, 4) is 11.5 Å². The molecule has 2 rings (SSSR count). The molecule has 0 aliphatic rings. The molecular weight excluding hydrogens is 262 g/mol. The first kappa shape index (κ1) is 13.4. The Labute approximate surface area is 113 Å². The molecule has 6 nitrogen and oxygen atoms in total. The van der Waals surface area contributed by atoms with Crippen LogP contribution in [0.3, 0.4) is 0 Å². The first-order valence-electron chi connectivity index (χ1n) is 5.64. The van der Waals surface area contributed by atoms with Crippen LogP contribution in [0.1, 0.15) is 20.7 Å². The zero-order valence-electron chi connectivity index (χ0n) is 10.2. The van der Waals surface area contributed by atoms with Gasteiger partial charge < -0.3 is 20.6 Å². The van der Waals surface area contributed by atoms with Crippen molar-refractivity contribution in [3.05, 3.63) is 53.6 Å². The van der Waals surface area contributed by atoms with Crippen LogP contribution in [0.4, 0.5) is 5.69 Å². The molecule has 0 saturated heterocycles. The van der Waals surface area contributed by atoms with Gasteiger partial charge in [0.1, 0.15) is 17.1 Å². The van der Waals surface area contributed by atoms with Crippen molar-refractivity contribution in [2.45, 2.75) is 0 Å². The highest BCUT2D eigenvalue weighted by Gasteiger charge is 2.12. The fourth-order valence-electron chi connectivity index (χ4n) is 1.60. The van der Waals surface area contributed by atoms with Crippen LogP contribution < -0.4 is 5.32 Å². The summed E-state index contributed by atoms with van der Waals surface area (Å²) in [4.78, 5) is 22.8. The SMILES string of the molecule is O=C(Nc1ccc(O)c(C(=O)O)c1)c1ccc(O)cc1. The number of carbonyl (C=O) groups excluding carboxylic acids is 1. The van der Waals surface area contributed by atoms with E-state index in [9.17, 15) is 14.7 Å². The van der Waals surface area contributed by atoms with E-state index in [1.54, 1.807) is 0 Å². The number of phenolic OH excluding ortho intramolecular Hbond substituents is 1. The second-order valence-electron chi connectivity index (χ2n) is 4.04. The van der Waals surface area contributed by atoms with Crippen LogP contribution in [0.5, 0.6) is 11.5 Å². The standard InChI is InChI=1S/C14H11NO5/c16-10-4-1-8(2-5-10)13(18)15-9-3-6-12(17)11(7-9)14(19)20/h1-7,16-17H,(H,15,18)(H,19,20). The predicted octanol–water partition coefficient (Wildman–Crippen LogP) is 2.05. The molecule has 2 aromatic rings. The van der Waals surface area contributed by atoms with Gasteiger partial charge >= 0.3 is 5.97 Å². The van der Waals surface area contributed by atoms with Crippen molar-refractivity contribution < 1.29 is 24.9 Å². The van der Waals surface area contributed by atoms with E-state index in [4.69, 9.17) is 10.2 Å². The lowest BCUT2D eigenvalue weighted by Crippen LogP contribution is -2.12. The predicted molar refractivity (Wildman–Crippen MR) is 71.1 cm³/mol. The molecule has 0 radical (unpaired) electrons. The molecule has 0 aliphatic carbocycles. The number of anilines is 1. The Kier molecular flexibility index (Phi) is 3.56. The van der Waals surface area contributed by atoms with Gasteiger partial charge in [-0.05, 0) is 42.5 Å². The molecule has 0 unspecified atom stereocenters. The van der Waals surface area contributed by atoms with Gasteiger partial charge in [0, 0.05) is 11.3 Å². The zero-order chi connectivity index (χ0) is 14.7. The lowest BCUT2D eigenvalue weighted by Gasteiger charge is -2.07. The topological polar surface area (TPSA) is 107 Å².